The Morgan fingerprint density at radius 2 is 2.36 bits per heavy atom. The average Bonchev–Trinajstić information content (AvgIpc) is 2.02. The zero-order valence-electron chi connectivity index (χ0n) is 6.22. The van der Waals surface area contributed by atoms with Crippen molar-refractivity contribution >= 4 is 29.8 Å². The zero-order chi connectivity index (χ0) is 8.85. The smallest absolute Gasteiger partial charge is 0.442 e. The van der Waals surface area contributed by atoms with E-state index in [9.17, 15) is 4.79 Å². The van der Waals surface area contributed by atoms with Crippen molar-refractivity contribution in [3.05, 3.63) is 5.03 Å². The van der Waals surface area contributed by atoms with Gasteiger partial charge in [-0.15, -0.1) is 4.58 Å². The molecule has 60 valence electrons. The molecule has 4 nitrogen and oxygen atoms in total. The third-order valence-electron chi connectivity index (χ3n) is 0.881. The zero-order valence-corrected chi connectivity index (χ0v) is 6.97. The molecule has 0 aliphatic rings. The van der Waals surface area contributed by atoms with Gasteiger partial charge in [-0.3, -0.25) is 5.41 Å². The maximum Gasteiger partial charge on any atom is 0.442 e. The second kappa shape index (κ2) is 4.66. The minimum absolute atomic E-state index is 0.277. The standard InChI is InChI=1S/C6H8ClN2O2/c1-9(4-11-2)6(10)5(7)3-8/h4,8H,1-2H3/q+1. The Hall–Kier alpha value is -1.12. The summed E-state index contributed by atoms with van der Waals surface area (Å²) in [5, 5.41) is 6.27. The molecule has 1 N–H and O–H groups in total. The number of nitrogens with zero attached hydrogens (tertiary/aromatic N) is 1. The van der Waals surface area contributed by atoms with Crippen molar-refractivity contribution < 1.29 is 14.1 Å². The van der Waals surface area contributed by atoms with Crippen LogP contribution < -0.4 is 0 Å². The molecule has 0 atom stereocenters. The quantitative estimate of drug-likeness (QED) is 0.282. The summed E-state index contributed by atoms with van der Waals surface area (Å²) in [7, 11) is 2.87. The summed E-state index contributed by atoms with van der Waals surface area (Å²) in [6.07, 6.45) is 1.18. The fraction of sp³-hybridized carbons (Fsp3) is 0.333. The molecule has 0 saturated carbocycles. The van der Waals surface area contributed by atoms with Crippen LogP contribution >= 0.6 is 11.6 Å². The van der Waals surface area contributed by atoms with E-state index in [-0.39, 0.29) is 5.03 Å². The maximum atomic E-state index is 10.9. The minimum Gasteiger partial charge on any atom is -0.453 e. The number of amides is 1. The first-order valence-electron chi connectivity index (χ1n) is 2.72. The average molecular weight is 176 g/mol. The van der Waals surface area contributed by atoms with Gasteiger partial charge in [0, 0.05) is 5.87 Å². The number of hydrogen-bond acceptors (Lipinski definition) is 3. The molecule has 0 unspecified atom stereocenters. The van der Waals surface area contributed by atoms with E-state index in [4.69, 9.17) is 17.0 Å². The van der Waals surface area contributed by atoms with Crippen LogP contribution in [0.15, 0.2) is 5.03 Å². The van der Waals surface area contributed by atoms with Gasteiger partial charge in [0.05, 0.1) is 7.11 Å². The third-order valence-corrected chi connectivity index (χ3v) is 1.14. The summed E-state index contributed by atoms with van der Waals surface area (Å²) in [6, 6.07) is 0. The number of halogens is 1. The predicted octanol–water partition coefficient (Wildman–Crippen LogP) is 0.201. The van der Waals surface area contributed by atoms with E-state index in [1.165, 1.54) is 20.6 Å². The molecule has 0 aromatic heterocycles. The van der Waals surface area contributed by atoms with E-state index < -0.39 is 5.91 Å². The van der Waals surface area contributed by atoms with Gasteiger partial charge in [-0.1, -0.05) is 11.6 Å². The van der Waals surface area contributed by atoms with Crippen LogP contribution in [-0.2, 0) is 9.53 Å². The molecule has 0 aromatic rings. The lowest BCUT2D eigenvalue weighted by Gasteiger charge is -1.88. The molecule has 5 heteroatoms. The summed E-state index contributed by atoms with van der Waals surface area (Å²) in [5.74, 6) is 1.24. The van der Waals surface area contributed by atoms with Crippen LogP contribution in [0.3, 0.4) is 0 Å². The Kier molecular flexibility index (Phi) is 4.18. The van der Waals surface area contributed by atoms with Gasteiger partial charge in [0.2, 0.25) is 5.03 Å². The monoisotopic (exact) mass is 175 g/mol. The van der Waals surface area contributed by atoms with Crippen LogP contribution in [-0.4, -0.2) is 36.9 Å². The first kappa shape index (κ1) is 9.88. The highest BCUT2D eigenvalue weighted by molar-refractivity contribution is 6.44. The Morgan fingerprint density at radius 3 is 2.73 bits per heavy atom. The molecule has 0 bridgehead atoms. The fourth-order valence-electron chi connectivity index (χ4n) is 0.414. The summed E-state index contributed by atoms with van der Waals surface area (Å²) in [4.78, 5) is 10.9. The highest BCUT2D eigenvalue weighted by atomic mass is 35.5. The van der Waals surface area contributed by atoms with Crippen LogP contribution in [0.2, 0.25) is 0 Å². The highest BCUT2D eigenvalue weighted by Gasteiger charge is 2.17. The van der Waals surface area contributed by atoms with Gasteiger partial charge >= 0.3 is 12.3 Å². The van der Waals surface area contributed by atoms with Crippen LogP contribution in [0.4, 0.5) is 0 Å². The fourth-order valence-corrected chi connectivity index (χ4v) is 0.548. The Morgan fingerprint density at radius 1 is 1.82 bits per heavy atom. The summed E-state index contributed by atoms with van der Waals surface area (Å²) < 4.78 is 5.65. The number of ether oxygens (including phenoxy) is 1. The largest absolute Gasteiger partial charge is 0.453 e. The second-order valence-corrected chi connectivity index (χ2v) is 2.07. The Labute approximate surface area is 69.2 Å². The molecule has 0 radical (unpaired) electrons. The number of methoxy groups -OCH3 is 1. The van der Waals surface area contributed by atoms with Crippen molar-refractivity contribution in [2.24, 2.45) is 0 Å². The molecule has 0 saturated heterocycles. The topological polar surface area (TPSA) is 53.2 Å². The molecule has 0 aliphatic carbocycles. The highest BCUT2D eigenvalue weighted by Crippen LogP contribution is 1.96. The van der Waals surface area contributed by atoms with Gasteiger partial charge in [-0.05, 0) is 0 Å². The van der Waals surface area contributed by atoms with Crippen LogP contribution in [0.25, 0.3) is 0 Å². The van der Waals surface area contributed by atoms with Crippen LogP contribution in [0.1, 0.15) is 0 Å². The van der Waals surface area contributed by atoms with Gasteiger partial charge in [-0.25, -0.2) is 4.79 Å². The molecule has 0 aliphatic heterocycles. The molecule has 0 rings (SSSR count). The summed E-state index contributed by atoms with van der Waals surface area (Å²) >= 11 is 5.30. The molecule has 1 amide bonds. The number of carbonyl (C=O) groups excluding carboxylic acids is 1. The molecular formula is C6H8ClN2O2+. The number of nitrogens with one attached hydrogen (secondary N) is 1. The summed E-state index contributed by atoms with van der Waals surface area (Å²) in [6.45, 7) is 0. The van der Waals surface area contributed by atoms with Crippen molar-refractivity contribution in [2.75, 3.05) is 14.2 Å². The SMILES string of the molecule is COC=[N+](C)C(=O)C(Cl)=C=N. The van der Waals surface area contributed by atoms with Crippen molar-refractivity contribution in [3.63, 3.8) is 0 Å². The van der Waals surface area contributed by atoms with Crippen LogP contribution in [0.5, 0.6) is 0 Å². The third kappa shape index (κ3) is 2.98. The van der Waals surface area contributed by atoms with Gasteiger partial charge in [0.15, 0.2) is 0 Å². The second-order valence-electron chi connectivity index (χ2n) is 1.70. The van der Waals surface area contributed by atoms with Crippen LogP contribution in [0, 0.1) is 5.41 Å². The number of hydrogen-bond donors (Lipinski definition) is 1. The van der Waals surface area contributed by atoms with Crippen molar-refractivity contribution in [1.82, 2.24) is 0 Å². The molecule has 0 aromatic carbocycles. The lowest BCUT2D eigenvalue weighted by molar-refractivity contribution is -0.416. The summed E-state index contributed by atoms with van der Waals surface area (Å²) in [5.41, 5.74) is 0. The maximum absolute atomic E-state index is 10.9. The van der Waals surface area contributed by atoms with E-state index >= 15 is 0 Å². The van der Waals surface area contributed by atoms with Gasteiger partial charge in [-0.2, -0.15) is 0 Å². The molecule has 11 heavy (non-hydrogen) atoms. The van der Waals surface area contributed by atoms with Crippen molar-refractivity contribution in [3.8, 4) is 0 Å². The number of likely N-dealkylation sites (N-methyl/N-ethyl adjacent to an activating group) is 1. The normalized spacial score (nSPS) is 10.3. The molecule has 0 fully saturated rings. The lowest BCUT2D eigenvalue weighted by Crippen LogP contribution is -2.18. The molecule has 0 spiro atoms. The number of rotatable bonds is 2. The van der Waals surface area contributed by atoms with E-state index in [2.05, 4.69) is 4.74 Å². The lowest BCUT2D eigenvalue weighted by atomic mass is 10.5. The van der Waals surface area contributed by atoms with Gasteiger partial charge in [0.1, 0.15) is 7.05 Å². The first-order valence-corrected chi connectivity index (χ1v) is 3.09. The predicted molar refractivity (Wildman–Crippen MR) is 41.4 cm³/mol. The van der Waals surface area contributed by atoms with E-state index in [0.29, 0.717) is 0 Å². The first-order chi connectivity index (χ1) is 5.13. The van der Waals surface area contributed by atoms with Crippen molar-refractivity contribution in [2.45, 2.75) is 0 Å². The molecular weight excluding hydrogens is 168 g/mol. The Balaban J connectivity index is 4.51. The Bertz CT molecular complexity index is 241. The van der Waals surface area contributed by atoms with Gasteiger partial charge in [0.25, 0.3) is 0 Å². The number of carbonyl (C=O) groups is 1. The van der Waals surface area contributed by atoms with Crippen molar-refractivity contribution in [1.29, 1.82) is 5.41 Å². The molecule has 0 heterocycles. The minimum atomic E-state index is -0.525. The van der Waals surface area contributed by atoms with E-state index in [1.54, 1.807) is 5.87 Å². The van der Waals surface area contributed by atoms with Gasteiger partial charge < -0.3 is 4.74 Å². The van der Waals surface area contributed by atoms with E-state index in [0.717, 1.165) is 4.58 Å². The van der Waals surface area contributed by atoms with E-state index in [1.807, 2.05) is 0 Å².